The number of hydrogen-bond acceptors (Lipinski definition) is 5. The lowest BCUT2D eigenvalue weighted by Gasteiger charge is -1.99. The number of nitrogens with one attached hydrogen (secondary N) is 2. The molecule has 0 unspecified atom stereocenters. The number of nitrogens with two attached hydrogens (primary N) is 1. The van der Waals surface area contributed by atoms with Crippen LogP contribution in [0.4, 0.5) is 10.8 Å². The van der Waals surface area contributed by atoms with Crippen LogP contribution in [0, 0.1) is 0 Å². The van der Waals surface area contributed by atoms with Crippen molar-refractivity contribution in [2.75, 3.05) is 10.7 Å². The lowest BCUT2D eigenvalue weighted by atomic mass is 10.3. The van der Waals surface area contributed by atoms with Crippen LogP contribution >= 0.6 is 11.3 Å². The first-order valence-corrected chi connectivity index (χ1v) is 5.15. The lowest BCUT2D eigenvalue weighted by Crippen LogP contribution is -2.05. The van der Waals surface area contributed by atoms with Crippen LogP contribution in [0.2, 0.25) is 0 Å². The second-order valence-corrected chi connectivity index (χ2v) is 4.06. The van der Waals surface area contributed by atoms with Crippen molar-refractivity contribution in [3.8, 4) is 0 Å². The molecule has 0 aliphatic carbocycles. The number of rotatable bonds is 2. The third-order valence-corrected chi connectivity index (χ3v) is 2.80. The molecule has 0 fully saturated rings. The highest BCUT2D eigenvalue weighted by Crippen LogP contribution is 2.27. The molecule has 2 aromatic rings. The van der Waals surface area contributed by atoms with E-state index in [0.29, 0.717) is 5.13 Å². The molecule has 0 aliphatic rings. The van der Waals surface area contributed by atoms with Crippen molar-refractivity contribution < 1.29 is 4.79 Å². The Morgan fingerprint density at radius 1 is 1.53 bits per heavy atom. The third kappa shape index (κ3) is 2.05. The number of carbonyl (C=O) groups excluding carboxylic acids is 1. The number of aromatic nitrogens is 1. The molecular weight excluding hydrogens is 212 g/mol. The standard InChI is InChI=1S/C9H10N4OS/c1-5(14)11-6-2-3-8-7(4-6)12-9(13-10)15-8/h2-4H,10H2,1H3,(H,11,14)(H,12,13). The number of nitrogen functional groups attached to an aromatic ring is 1. The van der Waals surface area contributed by atoms with E-state index in [0.717, 1.165) is 15.9 Å². The summed E-state index contributed by atoms with van der Waals surface area (Å²) in [6, 6.07) is 5.55. The van der Waals surface area contributed by atoms with Crippen LogP contribution in [0.15, 0.2) is 18.2 Å². The second kappa shape index (κ2) is 3.84. The smallest absolute Gasteiger partial charge is 0.221 e. The van der Waals surface area contributed by atoms with Gasteiger partial charge in [0.15, 0.2) is 5.13 Å². The Kier molecular flexibility index (Phi) is 2.53. The average Bonchev–Trinajstić information content (AvgIpc) is 2.58. The van der Waals surface area contributed by atoms with Gasteiger partial charge in [0, 0.05) is 12.6 Å². The number of benzene rings is 1. The van der Waals surface area contributed by atoms with E-state index in [-0.39, 0.29) is 5.91 Å². The van der Waals surface area contributed by atoms with E-state index in [9.17, 15) is 4.79 Å². The van der Waals surface area contributed by atoms with E-state index >= 15 is 0 Å². The number of thiazole rings is 1. The predicted molar refractivity (Wildman–Crippen MR) is 61.7 cm³/mol. The van der Waals surface area contributed by atoms with E-state index in [1.165, 1.54) is 18.3 Å². The van der Waals surface area contributed by atoms with Crippen LogP contribution in [0.5, 0.6) is 0 Å². The first kappa shape index (κ1) is 9.88. The van der Waals surface area contributed by atoms with Gasteiger partial charge >= 0.3 is 0 Å². The quantitative estimate of drug-likeness (QED) is 0.532. The van der Waals surface area contributed by atoms with Gasteiger partial charge in [-0.1, -0.05) is 11.3 Å². The second-order valence-electron chi connectivity index (χ2n) is 3.03. The maximum atomic E-state index is 10.8. The Balaban J connectivity index is 2.41. The zero-order valence-corrected chi connectivity index (χ0v) is 8.89. The summed E-state index contributed by atoms with van der Waals surface area (Å²) >= 11 is 1.46. The monoisotopic (exact) mass is 222 g/mol. The van der Waals surface area contributed by atoms with Crippen LogP contribution < -0.4 is 16.6 Å². The molecular formula is C9H10N4OS. The van der Waals surface area contributed by atoms with Crippen molar-refractivity contribution in [3.05, 3.63) is 18.2 Å². The van der Waals surface area contributed by atoms with Crippen LogP contribution in [-0.4, -0.2) is 10.9 Å². The number of amides is 1. The normalized spacial score (nSPS) is 10.3. The molecule has 0 saturated carbocycles. The van der Waals surface area contributed by atoms with Gasteiger partial charge in [-0.25, -0.2) is 10.8 Å². The molecule has 0 saturated heterocycles. The SMILES string of the molecule is CC(=O)Nc1ccc2sc(NN)nc2c1. The molecule has 0 spiro atoms. The molecule has 15 heavy (non-hydrogen) atoms. The number of nitrogens with zero attached hydrogens (tertiary/aromatic N) is 1. The van der Waals surface area contributed by atoms with E-state index in [2.05, 4.69) is 15.7 Å². The van der Waals surface area contributed by atoms with Crippen molar-refractivity contribution in [3.63, 3.8) is 0 Å². The highest BCUT2D eigenvalue weighted by atomic mass is 32.1. The molecule has 5 nitrogen and oxygen atoms in total. The zero-order chi connectivity index (χ0) is 10.8. The molecule has 0 aliphatic heterocycles. The van der Waals surface area contributed by atoms with Gasteiger partial charge in [-0.3, -0.25) is 10.2 Å². The van der Waals surface area contributed by atoms with Crippen molar-refractivity contribution in [1.29, 1.82) is 0 Å². The largest absolute Gasteiger partial charge is 0.326 e. The molecule has 6 heteroatoms. The number of carbonyl (C=O) groups is 1. The minimum Gasteiger partial charge on any atom is -0.326 e. The van der Waals surface area contributed by atoms with E-state index in [1.807, 2.05) is 18.2 Å². The topological polar surface area (TPSA) is 80.0 Å². The molecule has 1 aromatic carbocycles. The predicted octanol–water partition coefficient (Wildman–Crippen LogP) is 1.54. The summed E-state index contributed by atoms with van der Waals surface area (Å²) in [5, 5.41) is 3.36. The number of hydrazine groups is 1. The molecule has 1 heterocycles. The maximum Gasteiger partial charge on any atom is 0.221 e. The van der Waals surface area contributed by atoms with Gasteiger partial charge in [-0.15, -0.1) is 0 Å². The van der Waals surface area contributed by atoms with Crippen molar-refractivity contribution >= 4 is 38.3 Å². The van der Waals surface area contributed by atoms with Gasteiger partial charge in [-0.05, 0) is 18.2 Å². The average molecular weight is 222 g/mol. The van der Waals surface area contributed by atoms with Crippen LogP contribution in [0.3, 0.4) is 0 Å². The molecule has 1 aromatic heterocycles. The summed E-state index contributed by atoms with van der Waals surface area (Å²) in [6.07, 6.45) is 0. The number of hydrogen-bond donors (Lipinski definition) is 3. The van der Waals surface area contributed by atoms with E-state index in [1.54, 1.807) is 0 Å². The maximum absolute atomic E-state index is 10.8. The molecule has 1 amide bonds. The fraction of sp³-hybridized carbons (Fsp3) is 0.111. The summed E-state index contributed by atoms with van der Waals surface area (Å²) in [4.78, 5) is 15.1. The van der Waals surface area contributed by atoms with Crippen molar-refractivity contribution in [1.82, 2.24) is 4.98 Å². The summed E-state index contributed by atoms with van der Waals surface area (Å²) in [5.41, 5.74) is 4.06. The Morgan fingerprint density at radius 3 is 3.00 bits per heavy atom. The Morgan fingerprint density at radius 2 is 2.33 bits per heavy atom. The van der Waals surface area contributed by atoms with Crippen molar-refractivity contribution in [2.24, 2.45) is 5.84 Å². The van der Waals surface area contributed by atoms with Crippen LogP contribution in [0.25, 0.3) is 10.2 Å². The van der Waals surface area contributed by atoms with Crippen LogP contribution in [0.1, 0.15) is 6.92 Å². The van der Waals surface area contributed by atoms with Gasteiger partial charge in [0.1, 0.15) is 0 Å². The summed E-state index contributed by atoms with van der Waals surface area (Å²) < 4.78 is 1.03. The Bertz CT molecular complexity index is 508. The molecule has 2 rings (SSSR count). The minimum absolute atomic E-state index is 0.0956. The van der Waals surface area contributed by atoms with Gasteiger partial charge < -0.3 is 5.32 Å². The Hall–Kier alpha value is -1.66. The molecule has 0 radical (unpaired) electrons. The molecule has 4 N–H and O–H groups in total. The lowest BCUT2D eigenvalue weighted by molar-refractivity contribution is -0.114. The molecule has 78 valence electrons. The number of anilines is 2. The van der Waals surface area contributed by atoms with Gasteiger partial charge in [0.2, 0.25) is 5.91 Å². The Labute approximate surface area is 90.3 Å². The van der Waals surface area contributed by atoms with Crippen molar-refractivity contribution in [2.45, 2.75) is 6.92 Å². The number of fused-ring (bicyclic) bond motifs is 1. The third-order valence-electron chi connectivity index (χ3n) is 1.83. The highest BCUT2D eigenvalue weighted by Gasteiger charge is 2.03. The van der Waals surface area contributed by atoms with Gasteiger partial charge in [0.05, 0.1) is 10.2 Å². The highest BCUT2D eigenvalue weighted by molar-refractivity contribution is 7.22. The minimum atomic E-state index is -0.0956. The summed E-state index contributed by atoms with van der Waals surface area (Å²) in [5.74, 6) is 5.17. The van der Waals surface area contributed by atoms with E-state index in [4.69, 9.17) is 5.84 Å². The fourth-order valence-corrected chi connectivity index (χ4v) is 2.03. The molecule has 0 atom stereocenters. The first-order valence-electron chi connectivity index (χ1n) is 4.34. The summed E-state index contributed by atoms with van der Waals surface area (Å²) in [6.45, 7) is 1.47. The van der Waals surface area contributed by atoms with Gasteiger partial charge in [-0.2, -0.15) is 0 Å². The van der Waals surface area contributed by atoms with Gasteiger partial charge in [0.25, 0.3) is 0 Å². The van der Waals surface area contributed by atoms with Crippen LogP contribution in [-0.2, 0) is 4.79 Å². The zero-order valence-electron chi connectivity index (χ0n) is 8.07. The molecule has 0 bridgehead atoms. The van der Waals surface area contributed by atoms with E-state index < -0.39 is 0 Å². The fourth-order valence-electron chi connectivity index (χ4n) is 1.27. The first-order chi connectivity index (χ1) is 7.19. The summed E-state index contributed by atoms with van der Waals surface area (Å²) in [7, 11) is 0.